The summed E-state index contributed by atoms with van der Waals surface area (Å²) in [6.45, 7) is 7.05. The van der Waals surface area contributed by atoms with Gasteiger partial charge in [0.1, 0.15) is 0 Å². The smallest absolute Gasteiger partial charge is 0.222 e. The Hall–Kier alpha value is -0.570. The van der Waals surface area contributed by atoms with Gasteiger partial charge in [-0.05, 0) is 64.0 Å². The number of amides is 1. The highest BCUT2D eigenvalue weighted by Gasteiger charge is 2.30. The number of carbonyl (C=O) groups is 1. The molecule has 2 fully saturated rings. The quantitative estimate of drug-likeness (QED) is 0.682. The molecule has 0 radical (unpaired) electrons. The molecule has 2 rings (SSSR count). The van der Waals surface area contributed by atoms with Crippen LogP contribution in [0.1, 0.15) is 71.6 Å². The third-order valence-electron chi connectivity index (χ3n) is 5.50. The summed E-state index contributed by atoms with van der Waals surface area (Å²) >= 11 is 0. The highest BCUT2D eigenvalue weighted by molar-refractivity contribution is 5.76. The fourth-order valence-corrected chi connectivity index (χ4v) is 3.69. The molecule has 1 saturated carbocycles. The van der Waals surface area contributed by atoms with Gasteiger partial charge in [-0.15, -0.1) is 0 Å². The van der Waals surface area contributed by atoms with Crippen molar-refractivity contribution in [2.45, 2.75) is 83.7 Å². The van der Waals surface area contributed by atoms with Crippen LogP contribution in [-0.2, 0) is 4.79 Å². The summed E-state index contributed by atoms with van der Waals surface area (Å²) in [6.07, 6.45) is 10.9. The molecule has 0 N–H and O–H groups in total. The van der Waals surface area contributed by atoms with Gasteiger partial charge >= 0.3 is 0 Å². The monoisotopic (exact) mass is 294 g/mol. The number of hydrogen-bond acceptors (Lipinski definition) is 2. The zero-order valence-electron chi connectivity index (χ0n) is 14.3. The highest BCUT2D eigenvalue weighted by atomic mass is 16.2. The third-order valence-corrected chi connectivity index (χ3v) is 5.50. The maximum Gasteiger partial charge on any atom is 0.222 e. The van der Waals surface area contributed by atoms with Crippen molar-refractivity contribution in [2.24, 2.45) is 5.92 Å². The lowest BCUT2D eigenvalue weighted by molar-refractivity contribution is -0.132. The summed E-state index contributed by atoms with van der Waals surface area (Å²) in [7, 11) is 2.03. The van der Waals surface area contributed by atoms with E-state index in [1.807, 2.05) is 7.05 Å². The summed E-state index contributed by atoms with van der Waals surface area (Å²) in [6, 6.07) is 1.08. The van der Waals surface area contributed by atoms with Gasteiger partial charge in [0.25, 0.3) is 0 Å². The molecule has 1 aliphatic heterocycles. The molecule has 3 heteroatoms. The fraction of sp³-hybridized carbons (Fsp3) is 0.944. The first-order chi connectivity index (χ1) is 10.2. The van der Waals surface area contributed by atoms with Gasteiger partial charge < -0.3 is 9.80 Å². The molecule has 21 heavy (non-hydrogen) atoms. The Morgan fingerprint density at radius 1 is 1.14 bits per heavy atom. The molecule has 0 aromatic rings. The van der Waals surface area contributed by atoms with Crippen LogP contribution in [0.3, 0.4) is 0 Å². The largest absolute Gasteiger partial charge is 0.343 e. The van der Waals surface area contributed by atoms with Crippen molar-refractivity contribution in [3.63, 3.8) is 0 Å². The van der Waals surface area contributed by atoms with Gasteiger partial charge in [0.05, 0.1) is 0 Å². The van der Waals surface area contributed by atoms with Crippen molar-refractivity contribution in [2.75, 3.05) is 20.1 Å². The number of hydrogen-bond donors (Lipinski definition) is 0. The van der Waals surface area contributed by atoms with Crippen LogP contribution in [0, 0.1) is 5.92 Å². The molecule has 1 aliphatic carbocycles. The van der Waals surface area contributed by atoms with E-state index in [2.05, 4.69) is 23.6 Å². The predicted octanol–water partition coefficient (Wildman–Crippen LogP) is 3.68. The Morgan fingerprint density at radius 2 is 1.81 bits per heavy atom. The first-order valence-corrected chi connectivity index (χ1v) is 9.15. The number of nitrogens with zero attached hydrogens (tertiary/aromatic N) is 2. The average Bonchev–Trinajstić information content (AvgIpc) is 3.32. The molecule has 0 aromatic carbocycles. The number of rotatable bonds is 8. The van der Waals surface area contributed by atoms with Gasteiger partial charge in [-0.25, -0.2) is 0 Å². The minimum Gasteiger partial charge on any atom is -0.343 e. The molecular weight excluding hydrogens is 260 g/mol. The second kappa shape index (κ2) is 8.17. The maximum absolute atomic E-state index is 12.4. The Balaban J connectivity index is 1.86. The molecule has 1 saturated heterocycles. The summed E-state index contributed by atoms with van der Waals surface area (Å²) in [5, 5.41) is 0. The van der Waals surface area contributed by atoms with Crippen LogP contribution in [0.15, 0.2) is 0 Å². The van der Waals surface area contributed by atoms with Crippen LogP contribution in [-0.4, -0.2) is 47.9 Å². The molecule has 3 nitrogen and oxygen atoms in total. The normalized spacial score (nSPS) is 22.8. The topological polar surface area (TPSA) is 23.6 Å². The number of likely N-dealkylation sites (tertiary alicyclic amines) is 1. The number of carbonyl (C=O) groups excluding carboxylic acids is 1. The molecule has 1 heterocycles. The zero-order chi connectivity index (χ0) is 15.2. The first kappa shape index (κ1) is 16.8. The van der Waals surface area contributed by atoms with E-state index in [4.69, 9.17) is 0 Å². The standard InChI is InChI=1S/C18H34N2O/c1-4-16(19(3)18(21)13-15-9-10-15)14-17(5-2)20-11-7-6-8-12-20/h15-17H,4-14H2,1-3H3. The van der Waals surface area contributed by atoms with Gasteiger partial charge in [0.2, 0.25) is 5.91 Å². The zero-order valence-corrected chi connectivity index (χ0v) is 14.3. The van der Waals surface area contributed by atoms with Crippen LogP contribution in [0.2, 0.25) is 0 Å². The molecule has 122 valence electrons. The van der Waals surface area contributed by atoms with E-state index in [0.717, 1.165) is 19.3 Å². The molecule has 0 bridgehead atoms. The lowest BCUT2D eigenvalue weighted by Crippen LogP contribution is -2.45. The SMILES string of the molecule is CCC(CC(CC)N(C)C(=O)CC1CC1)N1CCCCC1. The average molecular weight is 294 g/mol. The van der Waals surface area contributed by atoms with Crippen molar-refractivity contribution in [1.82, 2.24) is 9.80 Å². The van der Waals surface area contributed by atoms with E-state index in [1.165, 1.54) is 51.6 Å². The molecule has 0 aromatic heterocycles. The Bertz CT molecular complexity index is 321. The Labute approximate surface area is 131 Å². The molecule has 2 aliphatic rings. The summed E-state index contributed by atoms with van der Waals surface area (Å²) in [5.74, 6) is 1.07. The van der Waals surface area contributed by atoms with E-state index in [1.54, 1.807) is 0 Å². The number of piperidine rings is 1. The van der Waals surface area contributed by atoms with Crippen LogP contribution < -0.4 is 0 Å². The molecule has 0 spiro atoms. The van der Waals surface area contributed by atoms with Crippen LogP contribution in [0.25, 0.3) is 0 Å². The van der Waals surface area contributed by atoms with E-state index >= 15 is 0 Å². The second-order valence-electron chi connectivity index (χ2n) is 7.11. The van der Waals surface area contributed by atoms with Gasteiger partial charge in [-0.1, -0.05) is 20.3 Å². The van der Waals surface area contributed by atoms with E-state index < -0.39 is 0 Å². The van der Waals surface area contributed by atoms with Crippen molar-refractivity contribution in [3.05, 3.63) is 0 Å². The third kappa shape index (κ3) is 4.98. The summed E-state index contributed by atoms with van der Waals surface area (Å²) < 4.78 is 0. The molecule has 1 amide bonds. The lowest BCUT2D eigenvalue weighted by Gasteiger charge is -2.38. The van der Waals surface area contributed by atoms with Gasteiger partial charge in [0.15, 0.2) is 0 Å². The van der Waals surface area contributed by atoms with E-state index in [0.29, 0.717) is 23.9 Å². The van der Waals surface area contributed by atoms with Gasteiger partial charge in [0, 0.05) is 25.6 Å². The maximum atomic E-state index is 12.4. The summed E-state index contributed by atoms with van der Waals surface area (Å²) in [5.41, 5.74) is 0. The molecule has 2 atom stereocenters. The lowest BCUT2D eigenvalue weighted by atomic mass is 9.97. The van der Waals surface area contributed by atoms with E-state index in [9.17, 15) is 4.79 Å². The molecular formula is C18H34N2O. The van der Waals surface area contributed by atoms with Crippen LogP contribution >= 0.6 is 0 Å². The van der Waals surface area contributed by atoms with Crippen LogP contribution in [0.5, 0.6) is 0 Å². The first-order valence-electron chi connectivity index (χ1n) is 9.15. The van der Waals surface area contributed by atoms with Crippen molar-refractivity contribution in [1.29, 1.82) is 0 Å². The van der Waals surface area contributed by atoms with Crippen molar-refractivity contribution in [3.8, 4) is 0 Å². The minimum absolute atomic E-state index is 0.373. The van der Waals surface area contributed by atoms with Crippen molar-refractivity contribution >= 4 is 5.91 Å². The highest BCUT2D eigenvalue weighted by Crippen LogP contribution is 2.33. The second-order valence-corrected chi connectivity index (χ2v) is 7.11. The van der Waals surface area contributed by atoms with Gasteiger partial charge in [-0.3, -0.25) is 4.79 Å². The van der Waals surface area contributed by atoms with E-state index in [-0.39, 0.29) is 0 Å². The molecule has 2 unspecified atom stereocenters. The predicted molar refractivity (Wildman–Crippen MR) is 88.3 cm³/mol. The Morgan fingerprint density at radius 3 is 2.33 bits per heavy atom. The van der Waals surface area contributed by atoms with Crippen LogP contribution in [0.4, 0.5) is 0 Å². The minimum atomic E-state index is 0.373. The van der Waals surface area contributed by atoms with Gasteiger partial charge in [-0.2, -0.15) is 0 Å². The summed E-state index contributed by atoms with van der Waals surface area (Å²) in [4.78, 5) is 17.1. The van der Waals surface area contributed by atoms with Crippen molar-refractivity contribution < 1.29 is 4.79 Å². The Kier molecular flexibility index (Phi) is 6.53. The fourth-order valence-electron chi connectivity index (χ4n) is 3.69.